The summed E-state index contributed by atoms with van der Waals surface area (Å²) in [5, 5.41) is 0. The SMILES string of the molecule is COc1cc(N)c(S(C)(=O)=O)cc1N1CCCCC1=O. The van der Waals surface area contributed by atoms with E-state index in [-0.39, 0.29) is 16.5 Å². The van der Waals surface area contributed by atoms with Crippen LogP contribution < -0.4 is 15.4 Å². The summed E-state index contributed by atoms with van der Waals surface area (Å²) in [5.74, 6) is 0.379. The zero-order chi connectivity index (χ0) is 14.9. The molecule has 0 aliphatic carbocycles. The second-order valence-corrected chi connectivity index (χ2v) is 6.82. The third-order valence-electron chi connectivity index (χ3n) is 3.32. The molecular weight excluding hydrogens is 280 g/mol. The van der Waals surface area contributed by atoms with Gasteiger partial charge in [-0.2, -0.15) is 0 Å². The Kier molecular flexibility index (Phi) is 3.89. The van der Waals surface area contributed by atoms with Gasteiger partial charge in [-0.1, -0.05) is 0 Å². The van der Waals surface area contributed by atoms with Gasteiger partial charge in [-0.3, -0.25) is 4.79 Å². The molecule has 1 fully saturated rings. The number of piperidine rings is 1. The van der Waals surface area contributed by atoms with Crippen molar-refractivity contribution in [3.8, 4) is 5.75 Å². The van der Waals surface area contributed by atoms with Crippen molar-refractivity contribution in [3.05, 3.63) is 12.1 Å². The number of hydrogen-bond acceptors (Lipinski definition) is 5. The number of carbonyl (C=O) groups is 1. The monoisotopic (exact) mass is 298 g/mol. The third-order valence-corrected chi connectivity index (χ3v) is 4.48. The van der Waals surface area contributed by atoms with E-state index in [4.69, 9.17) is 10.5 Å². The predicted molar refractivity (Wildman–Crippen MR) is 76.7 cm³/mol. The summed E-state index contributed by atoms with van der Waals surface area (Å²) >= 11 is 0. The normalized spacial score (nSPS) is 16.3. The predicted octanol–water partition coefficient (Wildman–Crippen LogP) is 1.20. The van der Waals surface area contributed by atoms with E-state index in [1.807, 2.05) is 0 Å². The first-order valence-electron chi connectivity index (χ1n) is 6.32. The summed E-state index contributed by atoms with van der Waals surface area (Å²) in [6, 6.07) is 2.88. The van der Waals surface area contributed by atoms with E-state index in [0.29, 0.717) is 24.4 Å². The van der Waals surface area contributed by atoms with Crippen LogP contribution in [0.25, 0.3) is 0 Å². The fourth-order valence-electron chi connectivity index (χ4n) is 2.32. The highest BCUT2D eigenvalue weighted by Gasteiger charge is 2.25. The van der Waals surface area contributed by atoms with Gasteiger partial charge in [0.2, 0.25) is 5.91 Å². The Morgan fingerprint density at radius 1 is 1.30 bits per heavy atom. The molecule has 1 aliphatic heterocycles. The third kappa shape index (κ3) is 2.72. The highest BCUT2D eigenvalue weighted by atomic mass is 32.2. The van der Waals surface area contributed by atoms with Gasteiger partial charge in [0.25, 0.3) is 0 Å². The summed E-state index contributed by atoms with van der Waals surface area (Å²) < 4.78 is 28.7. The fraction of sp³-hybridized carbons (Fsp3) is 0.462. The lowest BCUT2D eigenvalue weighted by Gasteiger charge is -2.28. The number of benzene rings is 1. The molecule has 0 unspecified atom stereocenters. The lowest BCUT2D eigenvalue weighted by Crippen LogP contribution is -2.35. The summed E-state index contributed by atoms with van der Waals surface area (Å²) in [5.41, 5.74) is 6.34. The van der Waals surface area contributed by atoms with Crippen LogP contribution in [0.15, 0.2) is 17.0 Å². The number of nitrogens with zero attached hydrogens (tertiary/aromatic N) is 1. The number of hydrogen-bond donors (Lipinski definition) is 1. The van der Waals surface area contributed by atoms with Gasteiger partial charge in [0.15, 0.2) is 9.84 Å². The average Bonchev–Trinajstić information content (AvgIpc) is 2.38. The molecule has 1 heterocycles. The maximum Gasteiger partial charge on any atom is 0.227 e. The van der Waals surface area contributed by atoms with Gasteiger partial charge in [0, 0.05) is 25.3 Å². The van der Waals surface area contributed by atoms with Crippen LogP contribution in [0.5, 0.6) is 5.75 Å². The number of ether oxygens (including phenoxy) is 1. The van der Waals surface area contributed by atoms with Crippen molar-refractivity contribution in [3.63, 3.8) is 0 Å². The molecule has 0 atom stereocenters. The number of sulfone groups is 1. The lowest BCUT2D eigenvalue weighted by molar-refractivity contribution is -0.119. The first-order valence-corrected chi connectivity index (χ1v) is 8.21. The quantitative estimate of drug-likeness (QED) is 0.847. The number of rotatable bonds is 3. The molecule has 2 rings (SSSR count). The standard InChI is InChI=1S/C13H18N2O4S/c1-19-11-7-9(14)12(20(2,17)18)8-10(11)15-6-4-3-5-13(15)16/h7-8H,3-6,14H2,1-2H3. The molecule has 6 nitrogen and oxygen atoms in total. The summed E-state index contributed by atoms with van der Waals surface area (Å²) in [6.45, 7) is 0.558. The van der Waals surface area contributed by atoms with Gasteiger partial charge in [-0.05, 0) is 18.9 Å². The van der Waals surface area contributed by atoms with Crippen LogP contribution in [-0.2, 0) is 14.6 Å². The molecule has 2 N–H and O–H groups in total. The first-order chi connectivity index (χ1) is 9.34. The topological polar surface area (TPSA) is 89.7 Å². The van der Waals surface area contributed by atoms with Gasteiger partial charge in [-0.25, -0.2) is 8.42 Å². The Morgan fingerprint density at radius 3 is 2.55 bits per heavy atom. The molecule has 110 valence electrons. The fourth-order valence-corrected chi connectivity index (χ4v) is 3.13. The highest BCUT2D eigenvalue weighted by Crippen LogP contribution is 2.36. The van der Waals surface area contributed by atoms with E-state index in [0.717, 1.165) is 19.1 Å². The van der Waals surface area contributed by atoms with Crippen molar-refractivity contribution in [1.29, 1.82) is 0 Å². The molecule has 1 aliphatic rings. The van der Waals surface area contributed by atoms with E-state index in [1.165, 1.54) is 19.2 Å². The number of methoxy groups -OCH3 is 1. The number of nitrogen functional groups attached to an aromatic ring is 1. The van der Waals surface area contributed by atoms with Crippen molar-refractivity contribution in [2.24, 2.45) is 0 Å². The minimum atomic E-state index is -3.46. The molecule has 1 aromatic carbocycles. The van der Waals surface area contributed by atoms with E-state index >= 15 is 0 Å². The Hall–Kier alpha value is -1.76. The van der Waals surface area contributed by atoms with Crippen molar-refractivity contribution in [2.45, 2.75) is 24.2 Å². The molecule has 1 saturated heterocycles. The minimum absolute atomic E-state index is 0.0201. The summed E-state index contributed by atoms with van der Waals surface area (Å²) in [4.78, 5) is 13.6. The van der Waals surface area contributed by atoms with Crippen LogP contribution in [0.2, 0.25) is 0 Å². The van der Waals surface area contributed by atoms with Gasteiger partial charge >= 0.3 is 0 Å². The Labute approximate surface area is 118 Å². The maximum atomic E-state index is 12.0. The molecule has 0 aromatic heterocycles. The minimum Gasteiger partial charge on any atom is -0.494 e. The summed E-state index contributed by atoms with van der Waals surface area (Å²) in [7, 11) is -1.99. The van der Waals surface area contributed by atoms with E-state index < -0.39 is 9.84 Å². The second kappa shape index (κ2) is 5.32. The van der Waals surface area contributed by atoms with Gasteiger partial charge < -0.3 is 15.4 Å². The number of nitrogens with two attached hydrogens (primary N) is 1. The second-order valence-electron chi connectivity index (χ2n) is 4.84. The van der Waals surface area contributed by atoms with Gasteiger partial charge in [0.05, 0.1) is 23.4 Å². The van der Waals surface area contributed by atoms with Gasteiger partial charge in [0.1, 0.15) is 5.75 Å². The molecule has 1 aromatic rings. The highest BCUT2D eigenvalue weighted by molar-refractivity contribution is 7.90. The van der Waals surface area contributed by atoms with Crippen molar-refractivity contribution < 1.29 is 17.9 Å². The van der Waals surface area contributed by atoms with Crippen LogP contribution in [-0.4, -0.2) is 34.2 Å². The number of carbonyl (C=O) groups excluding carboxylic acids is 1. The van der Waals surface area contributed by atoms with E-state index in [1.54, 1.807) is 4.90 Å². The van der Waals surface area contributed by atoms with Crippen molar-refractivity contribution in [1.82, 2.24) is 0 Å². The number of amides is 1. The average molecular weight is 298 g/mol. The first kappa shape index (κ1) is 14.6. The zero-order valence-electron chi connectivity index (χ0n) is 11.5. The Bertz CT molecular complexity index is 640. The van der Waals surface area contributed by atoms with Crippen LogP contribution in [0.1, 0.15) is 19.3 Å². The largest absolute Gasteiger partial charge is 0.494 e. The maximum absolute atomic E-state index is 12.0. The molecule has 20 heavy (non-hydrogen) atoms. The molecular formula is C13H18N2O4S. The van der Waals surface area contributed by atoms with Crippen molar-refractivity contribution in [2.75, 3.05) is 30.5 Å². The molecule has 0 radical (unpaired) electrons. The van der Waals surface area contributed by atoms with Gasteiger partial charge in [-0.15, -0.1) is 0 Å². The molecule has 1 amide bonds. The lowest BCUT2D eigenvalue weighted by atomic mass is 10.1. The zero-order valence-corrected chi connectivity index (χ0v) is 12.4. The summed E-state index contributed by atoms with van der Waals surface area (Å²) in [6.07, 6.45) is 3.29. The van der Waals surface area contributed by atoms with Crippen LogP contribution in [0.4, 0.5) is 11.4 Å². The van der Waals surface area contributed by atoms with E-state index in [2.05, 4.69) is 0 Å². The molecule has 0 saturated carbocycles. The van der Waals surface area contributed by atoms with Crippen LogP contribution in [0.3, 0.4) is 0 Å². The molecule has 0 spiro atoms. The Balaban J connectivity index is 2.58. The molecule has 7 heteroatoms. The van der Waals surface area contributed by atoms with Crippen LogP contribution in [0, 0.1) is 0 Å². The molecule has 0 bridgehead atoms. The Morgan fingerprint density at radius 2 is 2.00 bits per heavy atom. The van der Waals surface area contributed by atoms with Crippen molar-refractivity contribution >= 4 is 27.1 Å². The van der Waals surface area contributed by atoms with Crippen LogP contribution >= 0.6 is 0 Å². The number of anilines is 2. The smallest absolute Gasteiger partial charge is 0.227 e. The van der Waals surface area contributed by atoms with E-state index in [9.17, 15) is 13.2 Å².